The number of hydrogen-bond acceptors (Lipinski definition) is 6. The van der Waals surface area contributed by atoms with Crippen LogP contribution in [0.25, 0.3) is 0 Å². The van der Waals surface area contributed by atoms with Crippen molar-refractivity contribution in [2.45, 2.75) is 12.8 Å². The van der Waals surface area contributed by atoms with Gasteiger partial charge >= 0.3 is 10.2 Å². The third kappa shape index (κ3) is 3.70. The van der Waals surface area contributed by atoms with E-state index in [1.54, 1.807) is 4.72 Å². The predicted octanol–water partition coefficient (Wildman–Crippen LogP) is -0.465. The van der Waals surface area contributed by atoms with Gasteiger partial charge in [-0.15, -0.1) is 0 Å². The Morgan fingerprint density at radius 1 is 1.40 bits per heavy atom. The van der Waals surface area contributed by atoms with Crippen LogP contribution in [-0.2, 0) is 21.4 Å². The molecule has 138 valence electrons. The van der Waals surface area contributed by atoms with Crippen molar-refractivity contribution in [1.82, 2.24) is 9.62 Å². The number of amides is 1. The van der Waals surface area contributed by atoms with Crippen molar-refractivity contribution in [3.63, 3.8) is 0 Å². The Bertz CT molecular complexity index is 763. The molecule has 0 saturated carbocycles. The van der Waals surface area contributed by atoms with E-state index in [9.17, 15) is 22.7 Å². The normalized spacial score (nSPS) is 23.2. The number of rotatable bonds is 5. The molecule has 8 nitrogen and oxygen atoms in total. The minimum atomic E-state index is -4.17. The first-order valence-corrected chi connectivity index (χ1v) is 9.51. The van der Waals surface area contributed by atoms with Crippen molar-refractivity contribution in [2.24, 2.45) is 11.7 Å². The average molecular weight is 372 g/mol. The number of aromatic hydroxyl groups is 1. The van der Waals surface area contributed by atoms with Crippen LogP contribution in [-0.4, -0.2) is 57.1 Å². The molecule has 1 aromatic rings. The lowest BCUT2D eigenvalue weighted by Crippen LogP contribution is -2.30. The predicted molar refractivity (Wildman–Crippen MR) is 89.8 cm³/mol. The monoisotopic (exact) mass is 372 g/mol. The quantitative estimate of drug-likeness (QED) is 0.644. The molecule has 2 aliphatic heterocycles. The highest BCUT2D eigenvalue weighted by molar-refractivity contribution is 7.92. The summed E-state index contributed by atoms with van der Waals surface area (Å²) in [5.74, 6) is -1.80. The van der Waals surface area contributed by atoms with Gasteiger partial charge in [-0.2, -0.15) is 8.42 Å². The van der Waals surface area contributed by atoms with Gasteiger partial charge in [0.25, 0.3) is 5.91 Å². The zero-order chi connectivity index (χ0) is 18.2. The van der Waals surface area contributed by atoms with Crippen molar-refractivity contribution in [1.29, 1.82) is 0 Å². The molecule has 2 aliphatic rings. The lowest BCUT2D eigenvalue weighted by atomic mass is 9.98. The molecule has 2 heterocycles. The number of halogens is 1. The number of carbonyl (C=O) groups is 1. The average Bonchev–Trinajstić information content (AvgIpc) is 3.02. The second-order valence-corrected chi connectivity index (χ2v) is 8.03. The smallest absolute Gasteiger partial charge is 0.326 e. The van der Waals surface area contributed by atoms with Gasteiger partial charge in [0.05, 0.1) is 0 Å². The zero-order valence-electron chi connectivity index (χ0n) is 13.6. The molecule has 0 spiro atoms. The van der Waals surface area contributed by atoms with Crippen molar-refractivity contribution in [3.8, 4) is 5.75 Å². The number of phenols is 1. The summed E-state index contributed by atoms with van der Waals surface area (Å²) in [6, 6.07) is 2.58. The van der Waals surface area contributed by atoms with Gasteiger partial charge < -0.3 is 15.7 Å². The molecule has 0 aromatic heterocycles. The van der Waals surface area contributed by atoms with Crippen LogP contribution in [0.1, 0.15) is 12.0 Å². The van der Waals surface area contributed by atoms with E-state index in [4.69, 9.17) is 5.73 Å². The number of hydrogen-bond donors (Lipinski definition) is 3. The second kappa shape index (κ2) is 6.77. The molecule has 0 aliphatic carbocycles. The molecule has 0 radical (unpaired) electrons. The number of nitrogens with two attached hydrogens (primary N) is 1. The minimum absolute atomic E-state index is 0.329. The first-order valence-electron chi connectivity index (χ1n) is 8.07. The third-order valence-corrected chi connectivity index (χ3v) is 5.89. The van der Waals surface area contributed by atoms with E-state index < -0.39 is 39.9 Å². The number of benzene rings is 1. The molecule has 2 fully saturated rings. The van der Waals surface area contributed by atoms with Gasteiger partial charge in [-0.05, 0) is 43.0 Å². The Hall–Kier alpha value is -1.91. The van der Waals surface area contributed by atoms with E-state index in [0.29, 0.717) is 28.8 Å². The fraction of sp³-hybridized carbons (Fsp3) is 0.533. The van der Waals surface area contributed by atoms with Crippen LogP contribution in [0.5, 0.6) is 5.75 Å². The lowest BCUT2D eigenvalue weighted by Gasteiger charge is -2.19. The van der Waals surface area contributed by atoms with Crippen molar-refractivity contribution in [3.05, 3.63) is 23.5 Å². The van der Waals surface area contributed by atoms with Crippen molar-refractivity contribution in [2.75, 3.05) is 37.0 Å². The Morgan fingerprint density at radius 2 is 2.16 bits per heavy atom. The van der Waals surface area contributed by atoms with E-state index in [2.05, 4.69) is 4.90 Å². The molecule has 4 N–H and O–H groups in total. The maximum atomic E-state index is 14.5. The maximum Gasteiger partial charge on any atom is 0.326 e. The molecule has 1 amide bonds. The van der Waals surface area contributed by atoms with Gasteiger partial charge in [0.2, 0.25) is 0 Å². The van der Waals surface area contributed by atoms with E-state index >= 15 is 0 Å². The number of phenolic OH excluding ortho intramolecular Hbond substituents is 1. The van der Waals surface area contributed by atoms with Crippen LogP contribution in [0.2, 0.25) is 0 Å². The molecule has 0 bridgehead atoms. The topological polar surface area (TPSA) is 116 Å². The molecule has 3 rings (SSSR count). The van der Waals surface area contributed by atoms with Gasteiger partial charge in [-0.1, -0.05) is 0 Å². The number of likely N-dealkylation sites (tertiary alicyclic amines) is 1. The van der Waals surface area contributed by atoms with Gasteiger partial charge in [-0.3, -0.25) is 4.79 Å². The van der Waals surface area contributed by atoms with Crippen LogP contribution < -0.4 is 14.8 Å². The first-order chi connectivity index (χ1) is 11.8. The fourth-order valence-electron chi connectivity index (χ4n) is 3.45. The molecule has 25 heavy (non-hydrogen) atoms. The van der Waals surface area contributed by atoms with Crippen LogP contribution >= 0.6 is 0 Å². The molecule has 1 aromatic carbocycles. The number of nitrogens with zero attached hydrogens (tertiary/aromatic N) is 2. The Labute approximate surface area is 145 Å². The van der Waals surface area contributed by atoms with E-state index in [-0.39, 0.29) is 0 Å². The van der Waals surface area contributed by atoms with Crippen LogP contribution in [0.3, 0.4) is 0 Å². The minimum Gasteiger partial charge on any atom is -0.506 e. The van der Waals surface area contributed by atoms with Gasteiger partial charge in [0.1, 0.15) is 18.0 Å². The molecule has 10 heteroatoms. The van der Waals surface area contributed by atoms with Gasteiger partial charge in [-0.25, -0.2) is 13.4 Å². The van der Waals surface area contributed by atoms with Crippen molar-refractivity contribution >= 4 is 21.8 Å². The van der Waals surface area contributed by atoms with Gasteiger partial charge in [0.15, 0.2) is 5.82 Å². The highest BCUT2D eigenvalue weighted by Gasteiger charge is 2.37. The molecule has 1 atom stereocenters. The summed E-state index contributed by atoms with van der Waals surface area (Å²) < 4.78 is 40.4. The summed E-state index contributed by atoms with van der Waals surface area (Å²) in [7, 11) is -4.17. The van der Waals surface area contributed by atoms with Crippen LogP contribution in [0.15, 0.2) is 12.1 Å². The highest BCUT2D eigenvalue weighted by atomic mass is 32.2. The SMILES string of the molecule is NCCN1CCC(Cc2cc(O)c(N3CC(=O)NS3(=O)=O)c(F)c2)C1. The highest BCUT2D eigenvalue weighted by Crippen LogP contribution is 2.35. The summed E-state index contributed by atoms with van der Waals surface area (Å²) in [5.41, 5.74) is 5.64. The Kier molecular flexibility index (Phi) is 4.85. The van der Waals surface area contributed by atoms with Crippen LogP contribution in [0.4, 0.5) is 10.1 Å². The van der Waals surface area contributed by atoms with E-state index in [1.807, 2.05) is 0 Å². The summed E-state index contributed by atoms with van der Waals surface area (Å²) in [6.45, 7) is 2.66. The Morgan fingerprint density at radius 3 is 2.76 bits per heavy atom. The zero-order valence-corrected chi connectivity index (χ0v) is 14.4. The Balaban J connectivity index is 1.78. The number of anilines is 1. The summed E-state index contributed by atoms with van der Waals surface area (Å²) in [5, 5.41) is 10.1. The summed E-state index contributed by atoms with van der Waals surface area (Å²) >= 11 is 0. The lowest BCUT2D eigenvalue weighted by molar-refractivity contribution is -0.117. The second-order valence-electron chi connectivity index (χ2n) is 6.43. The van der Waals surface area contributed by atoms with Gasteiger partial charge in [0, 0.05) is 19.6 Å². The fourth-order valence-corrected chi connectivity index (χ4v) is 4.62. The molecular formula is C15H21FN4O4S. The van der Waals surface area contributed by atoms with E-state index in [1.165, 1.54) is 12.1 Å². The number of nitrogens with one attached hydrogen (secondary N) is 1. The summed E-state index contributed by atoms with van der Waals surface area (Å²) in [4.78, 5) is 13.5. The van der Waals surface area contributed by atoms with E-state index in [0.717, 1.165) is 26.1 Å². The molecule has 2 saturated heterocycles. The maximum absolute atomic E-state index is 14.5. The van der Waals surface area contributed by atoms with Crippen molar-refractivity contribution < 1.29 is 22.7 Å². The molecular weight excluding hydrogens is 351 g/mol. The standard InChI is InChI=1S/C15H21FN4O4S/c16-12-6-11(5-10-1-3-19(8-10)4-2-17)7-13(21)15(12)20-9-14(22)18-25(20,23)24/h6-7,10,21H,1-5,8-9,17H2,(H,18,22). The number of carbonyl (C=O) groups excluding carboxylic acids is 1. The van der Waals surface area contributed by atoms with Crippen LogP contribution in [0, 0.1) is 11.7 Å². The summed E-state index contributed by atoms with van der Waals surface area (Å²) in [6.07, 6.45) is 1.54. The first kappa shape index (κ1) is 17.9. The largest absolute Gasteiger partial charge is 0.506 e. The molecule has 1 unspecified atom stereocenters. The third-order valence-electron chi connectivity index (χ3n) is 4.51.